The fourth-order valence-electron chi connectivity index (χ4n) is 1.51. The summed E-state index contributed by atoms with van der Waals surface area (Å²) >= 11 is 0. The highest BCUT2D eigenvalue weighted by molar-refractivity contribution is 5.61. The average molecular weight is 210 g/mol. The van der Waals surface area contributed by atoms with Crippen molar-refractivity contribution in [3.63, 3.8) is 0 Å². The highest BCUT2D eigenvalue weighted by Crippen LogP contribution is 2.13. The summed E-state index contributed by atoms with van der Waals surface area (Å²) in [6.07, 6.45) is 1.76. The maximum absolute atomic E-state index is 10.6. The van der Waals surface area contributed by atoms with Crippen molar-refractivity contribution in [2.75, 3.05) is 0 Å². The molecule has 4 nitrogen and oxygen atoms in total. The van der Waals surface area contributed by atoms with Gasteiger partial charge in [-0.1, -0.05) is 6.92 Å². The number of hydrogen-bond donors (Lipinski definition) is 1. The smallest absolute Gasteiger partial charge is 0.151 e. The van der Waals surface area contributed by atoms with Crippen LogP contribution in [0.25, 0.3) is 0 Å². The Bertz CT molecular complexity index is 342. The molecule has 1 aromatic rings. The lowest BCUT2D eigenvalue weighted by Gasteiger charge is -2.15. The molecule has 15 heavy (non-hydrogen) atoms. The number of hydrogen-bond acceptors (Lipinski definition) is 3. The first-order valence-electron chi connectivity index (χ1n) is 5.26. The Morgan fingerprint density at radius 3 is 2.73 bits per heavy atom. The summed E-state index contributed by atoms with van der Waals surface area (Å²) in [5, 5.41) is 14.0. The van der Waals surface area contributed by atoms with Gasteiger partial charge in [0.05, 0.1) is 5.69 Å². The third-order valence-corrected chi connectivity index (χ3v) is 2.37. The van der Waals surface area contributed by atoms with E-state index in [2.05, 4.69) is 5.10 Å². The molecule has 0 saturated heterocycles. The standard InChI is InChI=1S/C11H18N2O2/c1-4-9-6-10(13(5-2)12-9)7-11(3,15)8-14/h6,8,15H,4-5,7H2,1-3H3. The molecule has 0 amide bonds. The molecule has 84 valence electrons. The van der Waals surface area contributed by atoms with Crippen molar-refractivity contribution in [1.82, 2.24) is 9.78 Å². The monoisotopic (exact) mass is 210 g/mol. The van der Waals surface area contributed by atoms with Crippen molar-refractivity contribution in [3.05, 3.63) is 17.5 Å². The summed E-state index contributed by atoms with van der Waals surface area (Å²) in [6, 6.07) is 1.95. The maximum atomic E-state index is 10.6. The first-order valence-corrected chi connectivity index (χ1v) is 5.26. The van der Waals surface area contributed by atoms with Crippen LogP contribution < -0.4 is 0 Å². The van der Waals surface area contributed by atoms with Crippen molar-refractivity contribution < 1.29 is 9.90 Å². The van der Waals surface area contributed by atoms with Crippen LogP contribution in [-0.4, -0.2) is 26.8 Å². The molecule has 4 heteroatoms. The van der Waals surface area contributed by atoms with Gasteiger partial charge in [0.15, 0.2) is 6.29 Å². The van der Waals surface area contributed by atoms with Crippen LogP contribution in [0.1, 0.15) is 32.2 Å². The lowest BCUT2D eigenvalue weighted by molar-refractivity contribution is -0.122. The van der Waals surface area contributed by atoms with Crippen LogP contribution >= 0.6 is 0 Å². The van der Waals surface area contributed by atoms with E-state index in [-0.39, 0.29) is 0 Å². The van der Waals surface area contributed by atoms with Gasteiger partial charge in [0.1, 0.15) is 5.60 Å². The quantitative estimate of drug-likeness (QED) is 0.736. The zero-order valence-corrected chi connectivity index (χ0v) is 9.53. The number of aromatic nitrogens is 2. The van der Waals surface area contributed by atoms with Crippen molar-refractivity contribution in [2.24, 2.45) is 0 Å². The summed E-state index contributed by atoms with van der Waals surface area (Å²) in [6.45, 7) is 6.29. The molecule has 0 radical (unpaired) electrons. The van der Waals surface area contributed by atoms with Gasteiger partial charge in [0.25, 0.3) is 0 Å². The number of aldehydes is 1. The second-order valence-electron chi connectivity index (χ2n) is 3.95. The average Bonchev–Trinajstić information content (AvgIpc) is 2.59. The molecule has 1 atom stereocenters. The lowest BCUT2D eigenvalue weighted by Crippen LogP contribution is -2.30. The first-order chi connectivity index (χ1) is 7.02. The molecule has 1 heterocycles. The van der Waals surface area contributed by atoms with E-state index in [0.717, 1.165) is 24.4 Å². The van der Waals surface area contributed by atoms with Crippen molar-refractivity contribution >= 4 is 6.29 Å². The molecule has 1 N–H and O–H groups in total. The summed E-state index contributed by atoms with van der Waals surface area (Å²) < 4.78 is 1.83. The number of aliphatic hydroxyl groups is 1. The largest absolute Gasteiger partial charge is 0.382 e. The third kappa shape index (κ3) is 2.89. The number of aryl methyl sites for hydroxylation is 2. The summed E-state index contributed by atoms with van der Waals surface area (Å²) in [5.74, 6) is 0. The Balaban J connectivity index is 2.92. The highest BCUT2D eigenvalue weighted by Gasteiger charge is 2.22. The number of nitrogens with zero attached hydrogens (tertiary/aromatic N) is 2. The first kappa shape index (κ1) is 11.9. The van der Waals surface area contributed by atoms with Crippen LogP contribution in [0.3, 0.4) is 0 Å². The van der Waals surface area contributed by atoms with Crippen LogP contribution in [0.5, 0.6) is 0 Å². The van der Waals surface area contributed by atoms with Gasteiger partial charge < -0.3 is 9.90 Å². The molecule has 1 rings (SSSR count). The Morgan fingerprint density at radius 2 is 2.27 bits per heavy atom. The van der Waals surface area contributed by atoms with E-state index in [1.807, 2.05) is 24.6 Å². The van der Waals surface area contributed by atoms with Gasteiger partial charge in [-0.15, -0.1) is 0 Å². The van der Waals surface area contributed by atoms with E-state index in [0.29, 0.717) is 12.7 Å². The van der Waals surface area contributed by atoms with E-state index in [4.69, 9.17) is 0 Å². The molecule has 0 fully saturated rings. The maximum Gasteiger partial charge on any atom is 0.151 e. The van der Waals surface area contributed by atoms with Crippen LogP contribution in [0.2, 0.25) is 0 Å². The minimum atomic E-state index is -1.29. The summed E-state index contributed by atoms with van der Waals surface area (Å²) in [5.41, 5.74) is 0.609. The summed E-state index contributed by atoms with van der Waals surface area (Å²) in [4.78, 5) is 10.6. The minimum absolute atomic E-state index is 0.317. The second-order valence-corrected chi connectivity index (χ2v) is 3.95. The topological polar surface area (TPSA) is 55.1 Å². The molecular formula is C11H18N2O2. The number of carbonyl (C=O) groups is 1. The van der Waals surface area contributed by atoms with Gasteiger partial charge in [-0.25, -0.2) is 0 Å². The minimum Gasteiger partial charge on any atom is -0.382 e. The molecule has 1 aromatic heterocycles. The summed E-state index contributed by atoms with van der Waals surface area (Å²) in [7, 11) is 0. The molecule has 0 aliphatic rings. The van der Waals surface area contributed by atoms with Gasteiger partial charge in [0, 0.05) is 18.7 Å². The van der Waals surface area contributed by atoms with Crippen LogP contribution in [-0.2, 0) is 24.2 Å². The van der Waals surface area contributed by atoms with Crippen molar-refractivity contribution in [2.45, 2.75) is 45.8 Å². The molecule has 1 unspecified atom stereocenters. The predicted molar refractivity (Wildman–Crippen MR) is 57.7 cm³/mol. The van der Waals surface area contributed by atoms with E-state index < -0.39 is 5.60 Å². The third-order valence-electron chi connectivity index (χ3n) is 2.37. The Morgan fingerprint density at radius 1 is 1.60 bits per heavy atom. The van der Waals surface area contributed by atoms with Gasteiger partial charge >= 0.3 is 0 Å². The van der Waals surface area contributed by atoms with E-state index >= 15 is 0 Å². The Labute approximate surface area is 89.9 Å². The zero-order chi connectivity index (χ0) is 11.5. The molecule has 0 bridgehead atoms. The van der Waals surface area contributed by atoms with Gasteiger partial charge in [-0.3, -0.25) is 4.68 Å². The van der Waals surface area contributed by atoms with Crippen LogP contribution in [0, 0.1) is 0 Å². The SMILES string of the molecule is CCc1cc(CC(C)(O)C=O)n(CC)n1. The van der Waals surface area contributed by atoms with Crippen molar-refractivity contribution in [1.29, 1.82) is 0 Å². The predicted octanol–water partition coefficient (Wildman–Crippen LogP) is 0.958. The van der Waals surface area contributed by atoms with E-state index in [1.165, 1.54) is 6.92 Å². The fraction of sp³-hybridized carbons (Fsp3) is 0.636. The molecule has 0 spiro atoms. The van der Waals surface area contributed by atoms with E-state index in [9.17, 15) is 9.90 Å². The van der Waals surface area contributed by atoms with Gasteiger partial charge in [-0.2, -0.15) is 5.10 Å². The lowest BCUT2D eigenvalue weighted by atomic mass is 10.0. The van der Waals surface area contributed by atoms with E-state index in [1.54, 1.807) is 0 Å². The molecule has 0 aliphatic carbocycles. The van der Waals surface area contributed by atoms with Crippen molar-refractivity contribution in [3.8, 4) is 0 Å². The normalized spacial score (nSPS) is 14.9. The Kier molecular flexibility index (Phi) is 3.63. The second kappa shape index (κ2) is 4.57. The molecule has 0 saturated carbocycles. The molecule has 0 aromatic carbocycles. The van der Waals surface area contributed by atoms with Crippen LogP contribution in [0.4, 0.5) is 0 Å². The number of rotatable bonds is 5. The molecular weight excluding hydrogens is 192 g/mol. The van der Waals surface area contributed by atoms with Gasteiger partial charge in [0.2, 0.25) is 0 Å². The van der Waals surface area contributed by atoms with Crippen LogP contribution in [0.15, 0.2) is 6.07 Å². The fourth-order valence-corrected chi connectivity index (χ4v) is 1.51. The molecule has 0 aliphatic heterocycles. The number of carbonyl (C=O) groups excluding carboxylic acids is 1. The zero-order valence-electron chi connectivity index (χ0n) is 9.53. The Hall–Kier alpha value is -1.16. The highest BCUT2D eigenvalue weighted by atomic mass is 16.3. The van der Waals surface area contributed by atoms with Gasteiger partial charge in [-0.05, 0) is 26.3 Å².